The van der Waals surface area contributed by atoms with E-state index in [2.05, 4.69) is 5.32 Å². The van der Waals surface area contributed by atoms with E-state index in [4.69, 9.17) is 5.26 Å². The van der Waals surface area contributed by atoms with Crippen molar-refractivity contribution in [1.82, 2.24) is 0 Å². The van der Waals surface area contributed by atoms with Crippen molar-refractivity contribution in [3.05, 3.63) is 29.6 Å². The molecule has 1 aliphatic rings. The lowest BCUT2D eigenvalue weighted by Crippen LogP contribution is -2.21. The number of nitriles is 1. The SMILES string of the molecule is N#Cc1cc(F)ccc1NC(=O)CC1CCC1. The molecule has 0 aromatic heterocycles. The summed E-state index contributed by atoms with van der Waals surface area (Å²) in [6, 6.07) is 5.65. The first-order valence-corrected chi connectivity index (χ1v) is 5.68. The predicted octanol–water partition coefficient (Wildman–Crippen LogP) is 2.83. The number of hydrogen-bond donors (Lipinski definition) is 1. The summed E-state index contributed by atoms with van der Waals surface area (Å²) in [5, 5.41) is 11.5. The van der Waals surface area contributed by atoms with Crippen LogP contribution in [0.25, 0.3) is 0 Å². The summed E-state index contributed by atoms with van der Waals surface area (Å²) < 4.78 is 12.9. The Morgan fingerprint density at radius 2 is 2.29 bits per heavy atom. The second-order valence-corrected chi connectivity index (χ2v) is 4.35. The Kier molecular flexibility index (Phi) is 3.38. The van der Waals surface area contributed by atoms with Gasteiger partial charge in [0.1, 0.15) is 11.9 Å². The fraction of sp³-hybridized carbons (Fsp3) is 0.385. The lowest BCUT2D eigenvalue weighted by atomic mass is 9.83. The zero-order valence-corrected chi connectivity index (χ0v) is 9.37. The van der Waals surface area contributed by atoms with Gasteiger partial charge >= 0.3 is 0 Å². The zero-order chi connectivity index (χ0) is 12.3. The fourth-order valence-corrected chi connectivity index (χ4v) is 1.88. The molecule has 0 atom stereocenters. The molecule has 0 heterocycles. The van der Waals surface area contributed by atoms with Gasteiger partial charge in [0.25, 0.3) is 0 Å². The zero-order valence-electron chi connectivity index (χ0n) is 9.37. The summed E-state index contributed by atoms with van der Waals surface area (Å²) in [4.78, 5) is 11.7. The second kappa shape index (κ2) is 4.96. The Morgan fingerprint density at radius 3 is 2.88 bits per heavy atom. The number of carbonyl (C=O) groups excluding carboxylic acids is 1. The molecule has 88 valence electrons. The number of benzene rings is 1. The van der Waals surface area contributed by atoms with Gasteiger partial charge in [0.15, 0.2) is 0 Å². The van der Waals surface area contributed by atoms with E-state index in [0.29, 0.717) is 18.0 Å². The van der Waals surface area contributed by atoms with Crippen LogP contribution in [-0.2, 0) is 4.79 Å². The van der Waals surface area contributed by atoms with Crippen LogP contribution in [0, 0.1) is 23.1 Å². The van der Waals surface area contributed by atoms with Gasteiger partial charge in [0, 0.05) is 6.42 Å². The Balaban J connectivity index is 2.02. The van der Waals surface area contributed by atoms with E-state index in [1.54, 1.807) is 0 Å². The molecule has 2 rings (SSSR count). The number of carbonyl (C=O) groups is 1. The summed E-state index contributed by atoms with van der Waals surface area (Å²) in [5.74, 6) is -0.0997. The molecule has 0 aliphatic heterocycles. The molecular weight excluding hydrogens is 219 g/mol. The average molecular weight is 232 g/mol. The normalized spacial score (nSPS) is 14.8. The first-order chi connectivity index (χ1) is 8.19. The Bertz CT molecular complexity index is 475. The number of nitrogens with zero attached hydrogens (tertiary/aromatic N) is 1. The van der Waals surface area contributed by atoms with E-state index < -0.39 is 5.82 Å². The molecule has 1 aliphatic carbocycles. The van der Waals surface area contributed by atoms with E-state index >= 15 is 0 Å². The monoisotopic (exact) mass is 232 g/mol. The van der Waals surface area contributed by atoms with Crippen LogP contribution in [0.1, 0.15) is 31.2 Å². The third kappa shape index (κ3) is 2.82. The number of hydrogen-bond acceptors (Lipinski definition) is 2. The highest BCUT2D eigenvalue weighted by molar-refractivity contribution is 5.92. The molecule has 17 heavy (non-hydrogen) atoms. The molecule has 0 bridgehead atoms. The quantitative estimate of drug-likeness (QED) is 0.871. The maximum absolute atomic E-state index is 12.9. The summed E-state index contributed by atoms with van der Waals surface area (Å²) in [5.41, 5.74) is 0.546. The third-order valence-corrected chi connectivity index (χ3v) is 3.07. The van der Waals surface area contributed by atoms with E-state index in [1.165, 1.54) is 18.6 Å². The molecule has 1 saturated carbocycles. The largest absolute Gasteiger partial charge is 0.325 e. The maximum atomic E-state index is 12.9. The molecule has 1 aromatic carbocycles. The van der Waals surface area contributed by atoms with E-state index in [0.717, 1.165) is 18.9 Å². The van der Waals surface area contributed by atoms with Crippen molar-refractivity contribution in [3.63, 3.8) is 0 Å². The average Bonchev–Trinajstić information content (AvgIpc) is 2.26. The fourth-order valence-electron chi connectivity index (χ4n) is 1.88. The Hall–Kier alpha value is -1.89. The van der Waals surface area contributed by atoms with Crippen molar-refractivity contribution in [3.8, 4) is 6.07 Å². The van der Waals surface area contributed by atoms with Crippen LogP contribution in [0.5, 0.6) is 0 Å². The molecule has 0 radical (unpaired) electrons. The van der Waals surface area contributed by atoms with E-state index in [1.807, 2.05) is 6.07 Å². The van der Waals surface area contributed by atoms with Crippen LogP contribution in [-0.4, -0.2) is 5.91 Å². The van der Waals surface area contributed by atoms with Gasteiger partial charge < -0.3 is 5.32 Å². The lowest BCUT2D eigenvalue weighted by Gasteiger charge is -2.24. The minimum Gasteiger partial charge on any atom is -0.325 e. The molecule has 1 aromatic rings. The van der Waals surface area contributed by atoms with Gasteiger partial charge in [-0.3, -0.25) is 4.79 Å². The van der Waals surface area contributed by atoms with Crippen molar-refractivity contribution >= 4 is 11.6 Å². The van der Waals surface area contributed by atoms with Crippen LogP contribution < -0.4 is 5.32 Å². The third-order valence-electron chi connectivity index (χ3n) is 3.07. The van der Waals surface area contributed by atoms with Crippen LogP contribution in [0.15, 0.2) is 18.2 Å². The number of halogens is 1. The van der Waals surface area contributed by atoms with Crippen molar-refractivity contribution in [1.29, 1.82) is 5.26 Å². The van der Waals surface area contributed by atoms with Crippen molar-refractivity contribution in [2.24, 2.45) is 5.92 Å². The topological polar surface area (TPSA) is 52.9 Å². The summed E-state index contributed by atoms with van der Waals surface area (Å²) in [7, 11) is 0. The van der Waals surface area contributed by atoms with Crippen LogP contribution >= 0.6 is 0 Å². The van der Waals surface area contributed by atoms with Crippen molar-refractivity contribution in [2.75, 3.05) is 5.32 Å². The van der Waals surface area contributed by atoms with Gasteiger partial charge in [-0.05, 0) is 37.0 Å². The van der Waals surface area contributed by atoms with Gasteiger partial charge in [-0.1, -0.05) is 6.42 Å². The number of nitrogens with one attached hydrogen (secondary N) is 1. The highest BCUT2D eigenvalue weighted by Crippen LogP contribution is 2.29. The highest BCUT2D eigenvalue weighted by Gasteiger charge is 2.21. The standard InChI is InChI=1S/C13H13FN2O/c14-11-4-5-12(10(7-11)8-15)16-13(17)6-9-2-1-3-9/h4-5,7,9H,1-3,6H2,(H,16,17). The molecule has 4 heteroatoms. The van der Waals surface area contributed by atoms with Crippen molar-refractivity contribution < 1.29 is 9.18 Å². The Labute approximate surface area is 99.2 Å². The Morgan fingerprint density at radius 1 is 1.53 bits per heavy atom. The van der Waals surface area contributed by atoms with Gasteiger partial charge in [-0.25, -0.2) is 4.39 Å². The van der Waals surface area contributed by atoms with E-state index in [9.17, 15) is 9.18 Å². The van der Waals surface area contributed by atoms with Crippen LogP contribution in [0.2, 0.25) is 0 Å². The number of anilines is 1. The second-order valence-electron chi connectivity index (χ2n) is 4.35. The molecule has 3 nitrogen and oxygen atoms in total. The first kappa shape index (κ1) is 11.6. The molecule has 0 spiro atoms. The van der Waals surface area contributed by atoms with E-state index in [-0.39, 0.29) is 11.5 Å². The molecule has 0 saturated heterocycles. The van der Waals surface area contributed by atoms with Gasteiger partial charge in [0.05, 0.1) is 11.3 Å². The van der Waals surface area contributed by atoms with Crippen molar-refractivity contribution in [2.45, 2.75) is 25.7 Å². The van der Waals surface area contributed by atoms with Gasteiger partial charge in [0.2, 0.25) is 5.91 Å². The maximum Gasteiger partial charge on any atom is 0.224 e. The number of rotatable bonds is 3. The van der Waals surface area contributed by atoms with Gasteiger partial charge in [-0.2, -0.15) is 5.26 Å². The minimum atomic E-state index is -0.474. The lowest BCUT2D eigenvalue weighted by molar-refractivity contribution is -0.117. The molecule has 1 N–H and O–H groups in total. The summed E-state index contributed by atoms with van der Waals surface area (Å²) in [6.45, 7) is 0. The number of amides is 1. The summed E-state index contributed by atoms with van der Waals surface area (Å²) >= 11 is 0. The smallest absolute Gasteiger partial charge is 0.224 e. The first-order valence-electron chi connectivity index (χ1n) is 5.68. The van der Waals surface area contributed by atoms with Gasteiger partial charge in [-0.15, -0.1) is 0 Å². The highest BCUT2D eigenvalue weighted by atomic mass is 19.1. The van der Waals surface area contributed by atoms with Crippen LogP contribution in [0.4, 0.5) is 10.1 Å². The summed E-state index contributed by atoms with van der Waals surface area (Å²) in [6.07, 6.45) is 3.88. The minimum absolute atomic E-state index is 0.0993. The molecule has 1 amide bonds. The molecular formula is C13H13FN2O. The molecule has 1 fully saturated rings. The molecule has 0 unspecified atom stereocenters. The van der Waals surface area contributed by atoms with Crippen LogP contribution in [0.3, 0.4) is 0 Å². The predicted molar refractivity (Wildman–Crippen MR) is 61.7 cm³/mol.